The van der Waals surface area contributed by atoms with Crippen molar-refractivity contribution in [1.82, 2.24) is 30.4 Å². The summed E-state index contributed by atoms with van der Waals surface area (Å²) in [6, 6.07) is 2.83. The van der Waals surface area contributed by atoms with Crippen molar-refractivity contribution in [3.63, 3.8) is 0 Å². The summed E-state index contributed by atoms with van der Waals surface area (Å²) in [5.74, 6) is -4.34. The first-order valence-electron chi connectivity index (χ1n) is 14.8. The molecule has 13 heteroatoms. The molecule has 2 fully saturated rings. The van der Waals surface area contributed by atoms with Crippen molar-refractivity contribution in [3.05, 3.63) is 40.0 Å². The largest absolute Gasteiger partial charge is 0.463 e. The monoisotopic (exact) mass is 633 g/mol. The maximum atomic E-state index is 16.8. The second-order valence-corrected chi connectivity index (χ2v) is 13.0. The van der Waals surface area contributed by atoms with E-state index in [1.54, 1.807) is 38.9 Å². The Labute approximate surface area is 258 Å². The van der Waals surface area contributed by atoms with Gasteiger partial charge < -0.3 is 19.9 Å². The van der Waals surface area contributed by atoms with E-state index in [2.05, 4.69) is 32.4 Å². The van der Waals surface area contributed by atoms with Gasteiger partial charge in [-0.1, -0.05) is 18.5 Å². The number of anilines is 1. The molecule has 236 valence electrons. The lowest BCUT2D eigenvalue weighted by molar-refractivity contribution is 0.0288. The summed E-state index contributed by atoms with van der Waals surface area (Å²) in [5.41, 5.74) is -0.0355. The summed E-state index contributed by atoms with van der Waals surface area (Å²) in [6.07, 6.45) is 0.500. The van der Waals surface area contributed by atoms with Gasteiger partial charge in [-0.3, -0.25) is 5.10 Å². The van der Waals surface area contributed by atoms with Gasteiger partial charge in [0.2, 0.25) is 0 Å². The van der Waals surface area contributed by atoms with Gasteiger partial charge in [-0.05, 0) is 59.0 Å². The minimum Gasteiger partial charge on any atom is -0.463 e. The number of nitrogens with one attached hydrogen (secondary N) is 2. The van der Waals surface area contributed by atoms with Crippen molar-refractivity contribution < 1.29 is 22.3 Å². The van der Waals surface area contributed by atoms with E-state index in [0.29, 0.717) is 40.3 Å². The van der Waals surface area contributed by atoms with Gasteiger partial charge in [0.25, 0.3) is 5.92 Å². The number of benzene rings is 2. The van der Waals surface area contributed by atoms with Gasteiger partial charge in [0.15, 0.2) is 5.82 Å². The number of nitrogens with zero attached hydrogens (tertiary/aromatic N) is 5. The van der Waals surface area contributed by atoms with Crippen LogP contribution in [0.25, 0.3) is 32.9 Å². The molecule has 0 radical (unpaired) electrons. The highest BCUT2D eigenvalue weighted by molar-refractivity contribution is 6.33. The Balaban J connectivity index is 1.54. The molecule has 0 amide bonds. The summed E-state index contributed by atoms with van der Waals surface area (Å²) < 4.78 is 68.0. The van der Waals surface area contributed by atoms with Gasteiger partial charge in [0.05, 0.1) is 16.5 Å². The van der Waals surface area contributed by atoms with E-state index in [0.717, 1.165) is 6.42 Å². The van der Waals surface area contributed by atoms with Gasteiger partial charge in [0.1, 0.15) is 23.8 Å². The Bertz CT molecular complexity index is 1760. The summed E-state index contributed by atoms with van der Waals surface area (Å²) in [4.78, 5) is 12.6. The second kappa shape index (κ2) is 11.0. The fourth-order valence-corrected chi connectivity index (χ4v) is 6.77. The number of alkyl halides is 2. The number of hydrogen-bond donors (Lipinski definition) is 2. The Morgan fingerprint density at radius 3 is 2.52 bits per heavy atom. The number of ether oxygens (including phenoxy) is 1. The molecule has 2 aliphatic rings. The van der Waals surface area contributed by atoms with Crippen molar-refractivity contribution >= 4 is 39.2 Å². The van der Waals surface area contributed by atoms with Crippen LogP contribution in [0.1, 0.15) is 37.9 Å². The Morgan fingerprint density at radius 1 is 1.14 bits per heavy atom. The maximum absolute atomic E-state index is 16.8. The lowest BCUT2D eigenvalue weighted by atomic mass is 9.93. The molecule has 4 aromatic rings. The molecule has 1 saturated carbocycles. The van der Waals surface area contributed by atoms with Crippen LogP contribution in [0.3, 0.4) is 0 Å². The van der Waals surface area contributed by atoms with Gasteiger partial charge in [-0.2, -0.15) is 15.1 Å². The highest BCUT2D eigenvalue weighted by Gasteiger charge is 2.71. The Hall–Kier alpha value is -3.22. The third kappa shape index (κ3) is 5.14. The molecule has 3 heterocycles. The maximum Gasteiger partial charge on any atom is 0.319 e. The van der Waals surface area contributed by atoms with Crippen molar-refractivity contribution in [1.29, 1.82) is 0 Å². The quantitative estimate of drug-likeness (QED) is 0.222. The lowest BCUT2D eigenvalue weighted by Gasteiger charge is -2.38. The van der Waals surface area contributed by atoms with E-state index >= 15 is 8.78 Å². The van der Waals surface area contributed by atoms with Crippen LogP contribution in [0.2, 0.25) is 5.02 Å². The van der Waals surface area contributed by atoms with E-state index in [-0.39, 0.29) is 65.5 Å². The molecule has 44 heavy (non-hydrogen) atoms. The van der Waals surface area contributed by atoms with E-state index in [9.17, 15) is 8.78 Å². The average molecular weight is 634 g/mol. The fourth-order valence-electron chi connectivity index (χ4n) is 6.57. The molecular weight excluding hydrogens is 598 g/mol. The van der Waals surface area contributed by atoms with Crippen LogP contribution < -0.4 is 15.0 Å². The molecule has 1 saturated heterocycles. The SMILES string of the molecule is CC[C@@H]1CN(c2nc(OC[C@@]3(CN(C)C)CC3(F)F)nc3c(F)c(-c4c(C)c(Cl)cc5n[nH]c(C)c45)c(F)cc23)C[C@@H](C)N1. The molecule has 3 atom stereocenters. The topological polar surface area (TPSA) is 82.2 Å². The molecule has 6 rings (SSSR count). The number of aromatic nitrogens is 4. The van der Waals surface area contributed by atoms with Gasteiger partial charge >= 0.3 is 6.01 Å². The molecule has 8 nitrogen and oxygen atoms in total. The molecule has 2 aromatic carbocycles. The second-order valence-electron chi connectivity index (χ2n) is 12.6. The Morgan fingerprint density at radius 2 is 1.86 bits per heavy atom. The van der Waals surface area contributed by atoms with Gasteiger partial charge in [0, 0.05) is 65.2 Å². The van der Waals surface area contributed by atoms with Crippen LogP contribution in [0.4, 0.5) is 23.4 Å². The zero-order chi connectivity index (χ0) is 31.7. The number of rotatable bonds is 8. The number of halogens is 5. The summed E-state index contributed by atoms with van der Waals surface area (Å²) in [6.45, 7) is 8.33. The van der Waals surface area contributed by atoms with Crippen molar-refractivity contribution in [2.45, 2.75) is 58.5 Å². The molecule has 0 bridgehead atoms. The van der Waals surface area contributed by atoms with Gasteiger partial charge in [-0.25, -0.2) is 17.6 Å². The fraction of sp³-hybridized carbons (Fsp3) is 0.516. The first kappa shape index (κ1) is 30.8. The van der Waals surface area contributed by atoms with Crippen LogP contribution >= 0.6 is 11.6 Å². The predicted molar refractivity (Wildman–Crippen MR) is 164 cm³/mol. The smallest absolute Gasteiger partial charge is 0.319 e. The highest BCUT2D eigenvalue weighted by atomic mass is 35.5. The molecular formula is C31H36ClF4N7O. The number of H-pyrrole nitrogens is 1. The minimum absolute atomic E-state index is 0.0667. The molecule has 1 aliphatic heterocycles. The van der Waals surface area contributed by atoms with E-state index < -0.39 is 23.0 Å². The predicted octanol–water partition coefficient (Wildman–Crippen LogP) is 6.26. The van der Waals surface area contributed by atoms with E-state index in [1.165, 1.54) is 6.07 Å². The molecule has 0 unspecified atom stereocenters. The van der Waals surface area contributed by atoms with Crippen molar-refractivity contribution in [2.24, 2.45) is 5.41 Å². The van der Waals surface area contributed by atoms with Crippen LogP contribution in [0.15, 0.2) is 12.1 Å². The zero-order valence-electron chi connectivity index (χ0n) is 25.6. The standard InChI is InChI=1S/C31H36ClF4N7O/c1-7-18-11-43(10-15(2)37-18)28-19-8-21(33)25(23-16(3)20(32)9-22-24(23)17(4)40-41-22)26(34)27(19)38-29(39-28)44-14-30(13-42(5)6)12-31(30,35)36/h8-9,15,18,37H,7,10-14H2,1-6H3,(H,40,41)/t15-,18-,30+/m1/s1. The minimum atomic E-state index is -2.90. The van der Waals surface area contributed by atoms with Crippen LogP contribution in [0.5, 0.6) is 6.01 Å². The van der Waals surface area contributed by atoms with E-state index in [1.807, 2.05) is 11.8 Å². The number of hydrogen-bond acceptors (Lipinski definition) is 7. The Kier molecular flexibility index (Phi) is 7.69. The summed E-state index contributed by atoms with van der Waals surface area (Å²) in [7, 11) is 3.44. The first-order valence-corrected chi connectivity index (χ1v) is 15.1. The third-order valence-electron chi connectivity index (χ3n) is 8.87. The average Bonchev–Trinajstić information content (AvgIpc) is 3.29. The van der Waals surface area contributed by atoms with Crippen LogP contribution in [0, 0.1) is 30.9 Å². The number of aryl methyl sites for hydroxylation is 1. The summed E-state index contributed by atoms with van der Waals surface area (Å²) >= 11 is 6.50. The number of aromatic amines is 1. The lowest BCUT2D eigenvalue weighted by Crippen LogP contribution is -2.55. The van der Waals surface area contributed by atoms with Crippen LogP contribution in [-0.4, -0.2) is 83.4 Å². The molecule has 1 aliphatic carbocycles. The highest BCUT2D eigenvalue weighted by Crippen LogP contribution is 2.60. The number of piperazine rings is 1. The van der Waals surface area contributed by atoms with Crippen molar-refractivity contribution in [2.75, 3.05) is 45.2 Å². The zero-order valence-corrected chi connectivity index (χ0v) is 26.3. The number of fused-ring (bicyclic) bond motifs is 2. The van der Waals surface area contributed by atoms with Gasteiger partial charge in [-0.15, -0.1) is 0 Å². The first-order chi connectivity index (χ1) is 20.7. The van der Waals surface area contributed by atoms with E-state index in [4.69, 9.17) is 16.3 Å². The third-order valence-corrected chi connectivity index (χ3v) is 9.26. The molecule has 0 spiro atoms. The molecule has 2 N–H and O–H groups in total. The van der Waals surface area contributed by atoms with Crippen molar-refractivity contribution in [3.8, 4) is 17.1 Å². The normalized spacial score (nSPS) is 23.2. The molecule has 2 aromatic heterocycles. The summed E-state index contributed by atoms with van der Waals surface area (Å²) in [5, 5.41) is 11.7. The van der Waals surface area contributed by atoms with Crippen LogP contribution in [-0.2, 0) is 0 Å².